The summed E-state index contributed by atoms with van der Waals surface area (Å²) in [5.74, 6) is 2.57. The molecule has 2 aliphatic rings. The van der Waals surface area contributed by atoms with Gasteiger partial charge in [-0.25, -0.2) is 9.97 Å². The van der Waals surface area contributed by atoms with Gasteiger partial charge in [0.05, 0.1) is 0 Å². The number of aromatic nitrogens is 2. The minimum absolute atomic E-state index is 0.300. The Morgan fingerprint density at radius 1 is 1.25 bits per heavy atom. The lowest BCUT2D eigenvalue weighted by Gasteiger charge is -2.32. The summed E-state index contributed by atoms with van der Waals surface area (Å²) < 4.78 is 0. The van der Waals surface area contributed by atoms with Crippen LogP contribution in [0.3, 0.4) is 0 Å². The topological polar surface area (TPSA) is 67.1 Å². The summed E-state index contributed by atoms with van der Waals surface area (Å²) in [7, 11) is 0. The summed E-state index contributed by atoms with van der Waals surface area (Å²) in [6, 6.07) is 3.03. The highest BCUT2D eigenvalue weighted by Gasteiger charge is 2.35. The molecular weight excluding hydrogens is 250 g/mol. The van der Waals surface area contributed by atoms with Crippen molar-refractivity contribution in [2.75, 3.05) is 24.1 Å². The molecule has 2 fully saturated rings. The van der Waals surface area contributed by atoms with Crippen LogP contribution >= 0.6 is 0 Å². The van der Waals surface area contributed by atoms with E-state index >= 15 is 0 Å². The van der Waals surface area contributed by atoms with Crippen LogP contribution in [0, 0.1) is 0 Å². The zero-order chi connectivity index (χ0) is 14.1. The minimum Gasteiger partial charge on any atom is -0.384 e. The van der Waals surface area contributed by atoms with Crippen molar-refractivity contribution in [1.29, 1.82) is 0 Å². The molecule has 0 bridgehead atoms. The van der Waals surface area contributed by atoms with Crippen LogP contribution < -0.4 is 11.1 Å². The fourth-order valence-electron chi connectivity index (χ4n) is 3.42. The van der Waals surface area contributed by atoms with Gasteiger partial charge in [0.25, 0.3) is 0 Å². The Balaban J connectivity index is 1.74. The van der Waals surface area contributed by atoms with Crippen molar-refractivity contribution in [3.63, 3.8) is 0 Å². The fraction of sp³-hybridized carbons (Fsp3) is 0.733. The molecule has 1 aromatic rings. The molecule has 2 unspecified atom stereocenters. The van der Waals surface area contributed by atoms with Crippen LogP contribution in [-0.4, -0.2) is 40.0 Å². The van der Waals surface area contributed by atoms with E-state index in [9.17, 15) is 0 Å². The molecule has 0 aliphatic carbocycles. The molecule has 2 saturated heterocycles. The maximum atomic E-state index is 5.90. The van der Waals surface area contributed by atoms with Crippen molar-refractivity contribution in [3.8, 4) is 0 Å². The third kappa shape index (κ3) is 2.73. The van der Waals surface area contributed by atoms with Gasteiger partial charge in [0.15, 0.2) is 0 Å². The highest BCUT2D eigenvalue weighted by Crippen LogP contribution is 2.29. The molecule has 0 amide bonds. The first kappa shape index (κ1) is 13.6. The minimum atomic E-state index is 0.300. The van der Waals surface area contributed by atoms with Gasteiger partial charge in [-0.05, 0) is 25.8 Å². The Bertz CT molecular complexity index is 473. The average Bonchev–Trinajstić information content (AvgIpc) is 2.82. The van der Waals surface area contributed by atoms with Crippen molar-refractivity contribution in [2.45, 2.75) is 57.5 Å². The SMILES string of the molecule is CC(C)c1nc(N)cc(NC2CCN3CCCCC23)n1. The van der Waals surface area contributed by atoms with Gasteiger partial charge in [0, 0.05) is 30.6 Å². The number of fused-ring (bicyclic) bond motifs is 1. The van der Waals surface area contributed by atoms with Crippen molar-refractivity contribution in [3.05, 3.63) is 11.9 Å². The molecule has 5 heteroatoms. The first-order chi connectivity index (χ1) is 9.63. The van der Waals surface area contributed by atoms with E-state index in [1.165, 1.54) is 38.8 Å². The zero-order valence-electron chi connectivity index (χ0n) is 12.5. The fourth-order valence-corrected chi connectivity index (χ4v) is 3.42. The molecule has 0 spiro atoms. The van der Waals surface area contributed by atoms with Crippen molar-refractivity contribution >= 4 is 11.6 Å². The number of nitrogens with zero attached hydrogens (tertiary/aromatic N) is 3. The summed E-state index contributed by atoms with van der Waals surface area (Å²) >= 11 is 0. The van der Waals surface area contributed by atoms with Crippen molar-refractivity contribution in [2.24, 2.45) is 0 Å². The predicted octanol–water partition coefficient (Wildman–Crippen LogP) is 2.22. The maximum Gasteiger partial charge on any atom is 0.135 e. The summed E-state index contributed by atoms with van der Waals surface area (Å²) in [6.45, 7) is 6.65. The Kier molecular flexibility index (Phi) is 3.78. The van der Waals surface area contributed by atoms with Crippen LogP contribution in [0.4, 0.5) is 11.6 Å². The van der Waals surface area contributed by atoms with Crippen LogP contribution in [0.15, 0.2) is 6.07 Å². The largest absolute Gasteiger partial charge is 0.384 e. The van der Waals surface area contributed by atoms with Crippen molar-refractivity contribution < 1.29 is 0 Å². The van der Waals surface area contributed by atoms with Gasteiger partial charge in [-0.2, -0.15) is 0 Å². The van der Waals surface area contributed by atoms with Gasteiger partial charge >= 0.3 is 0 Å². The van der Waals surface area contributed by atoms with Gasteiger partial charge in [-0.15, -0.1) is 0 Å². The zero-order valence-corrected chi connectivity index (χ0v) is 12.5. The van der Waals surface area contributed by atoms with Crippen molar-refractivity contribution in [1.82, 2.24) is 14.9 Å². The molecule has 3 heterocycles. The summed E-state index contributed by atoms with van der Waals surface area (Å²) in [4.78, 5) is 11.5. The highest BCUT2D eigenvalue weighted by molar-refractivity contribution is 5.46. The van der Waals surface area contributed by atoms with E-state index in [-0.39, 0.29) is 0 Å². The average molecular weight is 275 g/mol. The Morgan fingerprint density at radius 2 is 2.10 bits per heavy atom. The van der Waals surface area contributed by atoms with E-state index in [2.05, 4.69) is 34.0 Å². The van der Waals surface area contributed by atoms with E-state index in [1.807, 2.05) is 6.07 Å². The van der Waals surface area contributed by atoms with Gasteiger partial charge in [-0.3, -0.25) is 4.90 Å². The smallest absolute Gasteiger partial charge is 0.135 e. The number of piperidine rings is 1. The molecule has 3 rings (SSSR count). The summed E-state index contributed by atoms with van der Waals surface area (Å²) in [5, 5.41) is 3.60. The number of hydrogen-bond donors (Lipinski definition) is 2. The Hall–Kier alpha value is -1.36. The number of anilines is 2. The Labute approximate surface area is 121 Å². The number of nitrogens with two attached hydrogens (primary N) is 1. The number of rotatable bonds is 3. The molecule has 2 atom stereocenters. The highest BCUT2D eigenvalue weighted by atomic mass is 15.2. The molecule has 0 aromatic carbocycles. The van der Waals surface area contributed by atoms with Gasteiger partial charge in [0.2, 0.25) is 0 Å². The molecule has 20 heavy (non-hydrogen) atoms. The second-order valence-corrected chi connectivity index (χ2v) is 6.33. The predicted molar refractivity (Wildman–Crippen MR) is 81.8 cm³/mol. The maximum absolute atomic E-state index is 5.90. The second kappa shape index (κ2) is 5.56. The first-order valence-corrected chi connectivity index (χ1v) is 7.78. The van der Waals surface area contributed by atoms with Crippen LogP contribution in [-0.2, 0) is 0 Å². The van der Waals surface area contributed by atoms with Gasteiger partial charge < -0.3 is 11.1 Å². The monoisotopic (exact) mass is 275 g/mol. The third-order valence-electron chi connectivity index (χ3n) is 4.47. The molecule has 0 radical (unpaired) electrons. The summed E-state index contributed by atoms with van der Waals surface area (Å²) in [6.07, 6.45) is 5.20. The van der Waals surface area contributed by atoms with Crippen LogP contribution in [0.25, 0.3) is 0 Å². The molecular formula is C15H25N5. The van der Waals surface area contributed by atoms with Crippen LogP contribution in [0.2, 0.25) is 0 Å². The lowest BCUT2D eigenvalue weighted by molar-refractivity contribution is 0.192. The number of nitrogens with one attached hydrogen (secondary N) is 1. The number of hydrogen-bond acceptors (Lipinski definition) is 5. The van der Waals surface area contributed by atoms with E-state index < -0.39 is 0 Å². The number of nitrogen functional groups attached to an aromatic ring is 1. The van der Waals surface area contributed by atoms with Gasteiger partial charge in [-0.1, -0.05) is 20.3 Å². The van der Waals surface area contributed by atoms with Crippen LogP contribution in [0.5, 0.6) is 0 Å². The quantitative estimate of drug-likeness (QED) is 0.885. The van der Waals surface area contributed by atoms with E-state index in [1.54, 1.807) is 0 Å². The van der Waals surface area contributed by atoms with Gasteiger partial charge in [0.1, 0.15) is 17.5 Å². The van der Waals surface area contributed by atoms with E-state index in [0.717, 1.165) is 11.6 Å². The standard InChI is InChI=1S/C15H25N5/c1-10(2)15-18-13(16)9-14(19-15)17-11-6-8-20-7-4-3-5-12(11)20/h9-12H,3-8H2,1-2H3,(H3,16,17,18,19). The molecule has 2 aliphatic heterocycles. The molecule has 1 aromatic heterocycles. The third-order valence-corrected chi connectivity index (χ3v) is 4.47. The normalized spacial score (nSPS) is 26.8. The van der Waals surface area contributed by atoms with Crippen LogP contribution in [0.1, 0.15) is 51.3 Å². The lowest BCUT2D eigenvalue weighted by atomic mass is 9.99. The van der Waals surface area contributed by atoms with E-state index in [4.69, 9.17) is 5.73 Å². The molecule has 5 nitrogen and oxygen atoms in total. The second-order valence-electron chi connectivity index (χ2n) is 6.33. The van der Waals surface area contributed by atoms with E-state index in [0.29, 0.717) is 23.8 Å². The molecule has 3 N–H and O–H groups in total. The molecule has 110 valence electrons. The Morgan fingerprint density at radius 3 is 2.90 bits per heavy atom. The lowest BCUT2D eigenvalue weighted by Crippen LogP contribution is -2.41. The summed E-state index contributed by atoms with van der Waals surface area (Å²) in [5.41, 5.74) is 5.90. The molecule has 0 saturated carbocycles. The first-order valence-electron chi connectivity index (χ1n) is 7.78.